The molecule has 0 aliphatic carbocycles. The largest absolute Gasteiger partial charge is 0.463 e. The van der Waals surface area contributed by atoms with Crippen LogP contribution >= 0.6 is 11.8 Å². The first-order chi connectivity index (χ1) is 12.5. The van der Waals surface area contributed by atoms with E-state index < -0.39 is 53.6 Å². The standard InChI is InChI=1S/C16H23NO9S/c1-7(18)17-13-15(25-10(4)21)14(24-9(3)20)12(6-23-8(2)19)26-16(13)27-11(5)22/h12-16H,6H2,1-5H3,(H,17,18)/t12-,13+,14+,15+,16+/m0/s1. The van der Waals surface area contributed by atoms with Crippen LogP contribution < -0.4 is 5.32 Å². The first-order valence-corrected chi connectivity index (χ1v) is 8.96. The van der Waals surface area contributed by atoms with Crippen LogP contribution in [0.4, 0.5) is 0 Å². The molecule has 0 spiro atoms. The van der Waals surface area contributed by atoms with Gasteiger partial charge in [-0.25, -0.2) is 0 Å². The van der Waals surface area contributed by atoms with Crippen LogP contribution in [-0.2, 0) is 42.9 Å². The molecule has 0 radical (unpaired) electrons. The first-order valence-electron chi connectivity index (χ1n) is 8.08. The minimum absolute atomic E-state index is 0.299. The van der Waals surface area contributed by atoms with Crippen LogP contribution in [0.2, 0.25) is 0 Å². The molecule has 10 nitrogen and oxygen atoms in total. The van der Waals surface area contributed by atoms with Crippen molar-refractivity contribution in [2.24, 2.45) is 0 Å². The second kappa shape index (κ2) is 10.3. The lowest BCUT2D eigenvalue weighted by Crippen LogP contribution is -2.65. The molecule has 1 N–H and O–H groups in total. The lowest BCUT2D eigenvalue weighted by Gasteiger charge is -2.44. The highest BCUT2D eigenvalue weighted by atomic mass is 32.2. The lowest BCUT2D eigenvalue weighted by molar-refractivity contribution is -0.211. The van der Waals surface area contributed by atoms with E-state index in [1.54, 1.807) is 0 Å². The Morgan fingerprint density at radius 2 is 1.44 bits per heavy atom. The average molecular weight is 405 g/mol. The van der Waals surface area contributed by atoms with E-state index in [1.165, 1.54) is 20.8 Å². The number of amides is 1. The van der Waals surface area contributed by atoms with E-state index in [-0.39, 0.29) is 11.7 Å². The van der Waals surface area contributed by atoms with E-state index in [2.05, 4.69) is 5.32 Å². The highest BCUT2D eigenvalue weighted by molar-refractivity contribution is 8.14. The van der Waals surface area contributed by atoms with Gasteiger partial charge in [0.1, 0.15) is 24.2 Å². The highest BCUT2D eigenvalue weighted by Crippen LogP contribution is 2.32. The van der Waals surface area contributed by atoms with Gasteiger partial charge in [0.05, 0.1) is 0 Å². The Balaban J connectivity index is 3.29. The van der Waals surface area contributed by atoms with E-state index in [0.717, 1.165) is 25.6 Å². The summed E-state index contributed by atoms with van der Waals surface area (Å²) < 4.78 is 21.2. The lowest BCUT2D eigenvalue weighted by atomic mass is 9.97. The second-order valence-electron chi connectivity index (χ2n) is 5.83. The molecule has 27 heavy (non-hydrogen) atoms. The number of carbonyl (C=O) groups excluding carboxylic acids is 5. The van der Waals surface area contributed by atoms with E-state index in [9.17, 15) is 24.0 Å². The molecule has 0 saturated carbocycles. The molecule has 152 valence electrons. The van der Waals surface area contributed by atoms with Gasteiger partial charge in [0.15, 0.2) is 17.3 Å². The number of thioether (sulfide) groups is 1. The fourth-order valence-electron chi connectivity index (χ4n) is 2.55. The third-order valence-electron chi connectivity index (χ3n) is 3.35. The molecule has 1 rings (SSSR count). The molecule has 0 aromatic heterocycles. The van der Waals surface area contributed by atoms with Crippen molar-refractivity contribution in [3.8, 4) is 0 Å². The zero-order valence-electron chi connectivity index (χ0n) is 15.7. The molecule has 0 unspecified atom stereocenters. The summed E-state index contributed by atoms with van der Waals surface area (Å²) in [7, 11) is 0. The van der Waals surface area contributed by atoms with Crippen molar-refractivity contribution in [1.82, 2.24) is 5.32 Å². The van der Waals surface area contributed by atoms with Crippen molar-refractivity contribution in [3.63, 3.8) is 0 Å². The topological polar surface area (TPSA) is 134 Å². The molecule has 1 aliphatic heterocycles. The number of ether oxygens (including phenoxy) is 4. The minimum atomic E-state index is -1.16. The third-order valence-corrected chi connectivity index (χ3v) is 4.32. The SMILES string of the molecule is CC(=O)N[C@@H]1[C@@H](OC(C)=O)[C@H](OC(C)=O)[C@H](COC(C)=O)O[C@@H]1SC(C)=O. The molecular formula is C16H23NO9S. The number of nitrogens with one attached hydrogen (secondary N) is 1. The normalized spacial score (nSPS) is 27.2. The number of hydrogen-bond donors (Lipinski definition) is 1. The minimum Gasteiger partial charge on any atom is -0.463 e. The fraction of sp³-hybridized carbons (Fsp3) is 0.688. The van der Waals surface area contributed by atoms with Gasteiger partial charge < -0.3 is 24.3 Å². The predicted molar refractivity (Wildman–Crippen MR) is 92.3 cm³/mol. The molecule has 0 aromatic carbocycles. The Morgan fingerprint density at radius 1 is 0.889 bits per heavy atom. The Bertz CT molecular complexity index is 609. The Labute approximate surface area is 160 Å². The second-order valence-corrected chi connectivity index (χ2v) is 7.10. The fourth-order valence-corrected chi connectivity index (χ4v) is 3.45. The zero-order chi connectivity index (χ0) is 20.7. The van der Waals surface area contributed by atoms with Gasteiger partial charge in [-0.15, -0.1) is 0 Å². The maximum absolute atomic E-state index is 11.6. The monoisotopic (exact) mass is 405 g/mol. The van der Waals surface area contributed by atoms with Gasteiger partial charge in [-0.1, -0.05) is 11.8 Å². The summed E-state index contributed by atoms with van der Waals surface area (Å²) in [6, 6.07) is -0.974. The smallest absolute Gasteiger partial charge is 0.303 e. The molecular weight excluding hydrogens is 382 g/mol. The number of rotatable bonds is 6. The highest BCUT2D eigenvalue weighted by Gasteiger charge is 2.51. The molecule has 1 amide bonds. The van der Waals surface area contributed by atoms with Crippen molar-refractivity contribution in [2.75, 3.05) is 6.61 Å². The maximum Gasteiger partial charge on any atom is 0.303 e. The van der Waals surface area contributed by atoms with Gasteiger partial charge >= 0.3 is 17.9 Å². The van der Waals surface area contributed by atoms with E-state index in [1.807, 2.05) is 0 Å². The van der Waals surface area contributed by atoms with E-state index >= 15 is 0 Å². The number of hydrogen-bond acceptors (Lipinski definition) is 10. The molecule has 1 saturated heterocycles. The molecule has 1 heterocycles. The van der Waals surface area contributed by atoms with Gasteiger partial charge in [-0.2, -0.15) is 0 Å². The Morgan fingerprint density at radius 3 is 1.89 bits per heavy atom. The van der Waals surface area contributed by atoms with Crippen LogP contribution in [0, 0.1) is 0 Å². The van der Waals surface area contributed by atoms with E-state index in [4.69, 9.17) is 18.9 Å². The summed E-state index contributed by atoms with van der Waals surface area (Å²) in [5.74, 6) is -2.43. The first kappa shape index (κ1) is 22.9. The van der Waals surface area contributed by atoms with Crippen molar-refractivity contribution in [1.29, 1.82) is 0 Å². The number of esters is 3. The summed E-state index contributed by atoms with van der Waals surface area (Å²) >= 11 is 0.767. The van der Waals surface area contributed by atoms with Gasteiger partial charge in [0.2, 0.25) is 5.91 Å². The van der Waals surface area contributed by atoms with Crippen LogP contribution in [0.1, 0.15) is 34.6 Å². The molecule has 11 heteroatoms. The number of carbonyl (C=O) groups is 5. The van der Waals surface area contributed by atoms with Crippen LogP contribution in [-0.4, -0.2) is 65.3 Å². The maximum atomic E-state index is 11.6. The van der Waals surface area contributed by atoms with Crippen molar-refractivity contribution in [2.45, 2.75) is 64.4 Å². The van der Waals surface area contributed by atoms with Gasteiger partial charge in [-0.05, 0) is 0 Å². The Hall–Kier alpha value is -2.14. The average Bonchev–Trinajstić information content (AvgIpc) is 2.49. The van der Waals surface area contributed by atoms with Crippen molar-refractivity contribution in [3.05, 3.63) is 0 Å². The van der Waals surface area contributed by atoms with Gasteiger partial charge in [0, 0.05) is 34.6 Å². The Kier molecular flexibility index (Phi) is 8.70. The van der Waals surface area contributed by atoms with Crippen LogP contribution in [0.3, 0.4) is 0 Å². The summed E-state index contributed by atoms with van der Waals surface area (Å²) in [5, 5.41) is 2.26. The van der Waals surface area contributed by atoms with Crippen molar-refractivity contribution < 1.29 is 42.9 Å². The summed E-state index contributed by atoms with van der Waals surface area (Å²) in [5.41, 5.74) is -0.955. The molecule has 1 aliphatic rings. The van der Waals surface area contributed by atoms with Crippen LogP contribution in [0.25, 0.3) is 0 Å². The van der Waals surface area contributed by atoms with Gasteiger partial charge in [-0.3, -0.25) is 24.0 Å². The van der Waals surface area contributed by atoms with Gasteiger partial charge in [0.25, 0.3) is 0 Å². The predicted octanol–water partition coefficient (Wildman–Crippen LogP) is -0.0778. The quantitative estimate of drug-likeness (QED) is 0.472. The summed E-state index contributed by atoms with van der Waals surface area (Å²) in [6.45, 7) is 5.74. The van der Waals surface area contributed by atoms with Crippen LogP contribution in [0.5, 0.6) is 0 Å². The summed E-state index contributed by atoms with van der Waals surface area (Å²) in [6.07, 6.45) is -3.32. The third kappa shape index (κ3) is 7.55. The molecule has 0 bridgehead atoms. The van der Waals surface area contributed by atoms with Crippen molar-refractivity contribution >= 4 is 40.7 Å². The summed E-state index contributed by atoms with van der Waals surface area (Å²) in [4.78, 5) is 57.5. The molecule has 5 atom stereocenters. The zero-order valence-corrected chi connectivity index (χ0v) is 16.5. The van der Waals surface area contributed by atoms with Crippen LogP contribution in [0.15, 0.2) is 0 Å². The molecule has 0 aromatic rings. The van der Waals surface area contributed by atoms with E-state index in [0.29, 0.717) is 0 Å². The molecule has 1 fully saturated rings.